The standard InChI is InChI=1S/C9H13NO2/c1-3-7-4-8(6-11)9(12)10(2)5-7/h4-5,11H,3,6H2,1-2H3. The van der Waals surface area contributed by atoms with Crippen molar-refractivity contribution in [3.8, 4) is 0 Å². The van der Waals surface area contributed by atoms with Gasteiger partial charge in [0.15, 0.2) is 0 Å². The summed E-state index contributed by atoms with van der Waals surface area (Å²) in [5, 5.41) is 8.85. The summed E-state index contributed by atoms with van der Waals surface area (Å²) >= 11 is 0. The molecule has 3 nitrogen and oxygen atoms in total. The van der Waals surface area contributed by atoms with E-state index in [0.717, 1.165) is 12.0 Å². The zero-order valence-electron chi connectivity index (χ0n) is 7.37. The fourth-order valence-corrected chi connectivity index (χ4v) is 1.16. The van der Waals surface area contributed by atoms with Crippen LogP contribution < -0.4 is 5.56 Å². The molecule has 1 heterocycles. The molecule has 1 N–H and O–H groups in total. The Kier molecular flexibility index (Phi) is 2.65. The van der Waals surface area contributed by atoms with E-state index >= 15 is 0 Å². The third-order valence-electron chi connectivity index (χ3n) is 1.89. The van der Waals surface area contributed by atoms with Crippen LogP contribution in [0.25, 0.3) is 0 Å². The predicted octanol–water partition coefficient (Wildman–Crippen LogP) is 0.440. The Morgan fingerprint density at radius 2 is 2.25 bits per heavy atom. The van der Waals surface area contributed by atoms with Gasteiger partial charge in [-0.2, -0.15) is 0 Å². The SMILES string of the molecule is CCc1cc(CO)c(=O)n(C)c1. The number of aromatic nitrogens is 1. The van der Waals surface area contributed by atoms with Gasteiger partial charge in [-0.1, -0.05) is 6.92 Å². The maximum absolute atomic E-state index is 11.3. The lowest BCUT2D eigenvalue weighted by Gasteiger charge is -2.04. The van der Waals surface area contributed by atoms with Gasteiger partial charge in [0.1, 0.15) is 0 Å². The number of aliphatic hydroxyl groups excluding tert-OH is 1. The van der Waals surface area contributed by atoms with Gasteiger partial charge in [0.25, 0.3) is 5.56 Å². The fraction of sp³-hybridized carbons (Fsp3) is 0.444. The quantitative estimate of drug-likeness (QED) is 0.694. The molecule has 0 saturated carbocycles. The van der Waals surface area contributed by atoms with Crippen LogP contribution in [0.5, 0.6) is 0 Å². The van der Waals surface area contributed by atoms with E-state index in [0.29, 0.717) is 5.56 Å². The van der Waals surface area contributed by atoms with Gasteiger partial charge >= 0.3 is 0 Å². The molecule has 0 amide bonds. The highest BCUT2D eigenvalue weighted by Gasteiger charge is 2.01. The lowest BCUT2D eigenvalue weighted by Crippen LogP contribution is -2.21. The molecule has 0 aliphatic heterocycles. The molecule has 0 saturated heterocycles. The number of pyridine rings is 1. The van der Waals surface area contributed by atoms with Gasteiger partial charge in [-0.3, -0.25) is 4.79 Å². The molecule has 0 aliphatic carbocycles. The second-order valence-corrected chi connectivity index (χ2v) is 2.80. The Bertz CT molecular complexity index is 328. The van der Waals surface area contributed by atoms with Crippen molar-refractivity contribution in [3.63, 3.8) is 0 Å². The Morgan fingerprint density at radius 1 is 1.58 bits per heavy atom. The zero-order chi connectivity index (χ0) is 9.14. The summed E-state index contributed by atoms with van der Waals surface area (Å²) in [5.41, 5.74) is 1.42. The van der Waals surface area contributed by atoms with Crippen molar-refractivity contribution in [2.24, 2.45) is 7.05 Å². The molecule has 1 rings (SSSR count). The molecule has 12 heavy (non-hydrogen) atoms. The number of nitrogens with zero attached hydrogens (tertiary/aromatic N) is 1. The maximum atomic E-state index is 11.3. The van der Waals surface area contributed by atoms with Crippen LogP contribution in [0.1, 0.15) is 18.1 Å². The number of aliphatic hydroxyl groups is 1. The van der Waals surface area contributed by atoms with E-state index < -0.39 is 0 Å². The highest BCUT2D eigenvalue weighted by atomic mass is 16.3. The average molecular weight is 167 g/mol. The third kappa shape index (κ3) is 1.56. The van der Waals surface area contributed by atoms with Gasteiger partial charge in [-0.15, -0.1) is 0 Å². The van der Waals surface area contributed by atoms with Gasteiger partial charge in [0.2, 0.25) is 0 Å². The normalized spacial score (nSPS) is 10.2. The molecular weight excluding hydrogens is 154 g/mol. The summed E-state index contributed by atoms with van der Waals surface area (Å²) in [4.78, 5) is 11.3. The minimum atomic E-state index is -0.180. The minimum absolute atomic E-state index is 0.116. The Labute approximate surface area is 71.3 Å². The van der Waals surface area contributed by atoms with E-state index in [1.165, 1.54) is 4.57 Å². The monoisotopic (exact) mass is 167 g/mol. The molecule has 0 aromatic carbocycles. The van der Waals surface area contributed by atoms with Crippen LogP contribution in [0, 0.1) is 0 Å². The molecule has 0 fully saturated rings. The van der Waals surface area contributed by atoms with Crippen LogP contribution in [0.4, 0.5) is 0 Å². The summed E-state index contributed by atoms with van der Waals surface area (Å²) in [6, 6.07) is 1.75. The number of hydrogen-bond acceptors (Lipinski definition) is 2. The molecule has 0 aliphatic rings. The molecule has 3 heteroatoms. The summed E-state index contributed by atoms with van der Waals surface area (Å²) in [5.74, 6) is 0. The number of hydrogen-bond donors (Lipinski definition) is 1. The molecule has 0 bridgehead atoms. The molecular formula is C9H13NO2. The van der Waals surface area contributed by atoms with Crippen molar-refractivity contribution in [1.29, 1.82) is 0 Å². The van der Waals surface area contributed by atoms with Crippen molar-refractivity contribution < 1.29 is 5.11 Å². The fourth-order valence-electron chi connectivity index (χ4n) is 1.16. The van der Waals surface area contributed by atoms with Crippen molar-refractivity contribution in [1.82, 2.24) is 4.57 Å². The van der Waals surface area contributed by atoms with Gasteiger partial charge < -0.3 is 9.67 Å². The molecule has 66 valence electrons. The predicted molar refractivity (Wildman–Crippen MR) is 47.0 cm³/mol. The average Bonchev–Trinajstić information content (AvgIpc) is 2.09. The minimum Gasteiger partial charge on any atom is -0.391 e. The number of aryl methyl sites for hydroxylation is 2. The largest absolute Gasteiger partial charge is 0.391 e. The highest BCUT2D eigenvalue weighted by molar-refractivity contribution is 5.18. The molecule has 0 spiro atoms. The Hall–Kier alpha value is -1.09. The van der Waals surface area contributed by atoms with Gasteiger partial charge in [0, 0.05) is 18.8 Å². The molecule has 0 radical (unpaired) electrons. The smallest absolute Gasteiger partial charge is 0.255 e. The van der Waals surface area contributed by atoms with Crippen molar-refractivity contribution in [2.75, 3.05) is 0 Å². The van der Waals surface area contributed by atoms with Crippen LogP contribution in [0.15, 0.2) is 17.1 Å². The summed E-state index contributed by atoms with van der Waals surface area (Å²) < 4.78 is 1.50. The molecule has 1 aromatic heterocycles. The zero-order valence-corrected chi connectivity index (χ0v) is 7.37. The molecule has 0 unspecified atom stereocenters. The first-order valence-electron chi connectivity index (χ1n) is 3.98. The van der Waals surface area contributed by atoms with Crippen molar-refractivity contribution in [2.45, 2.75) is 20.0 Å². The van der Waals surface area contributed by atoms with Crippen LogP contribution in [-0.2, 0) is 20.1 Å². The van der Waals surface area contributed by atoms with Crippen LogP contribution in [-0.4, -0.2) is 9.67 Å². The lowest BCUT2D eigenvalue weighted by atomic mass is 10.1. The van der Waals surface area contributed by atoms with Gasteiger partial charge in [0.05, 0.1) is 6.61 Å². The van der Waals surface area contributed by atoms with E-state index in [2.05, 4.69) is 0 Å². The lowest BCUT2D eigenvalue weighted by molar-refractivity contribution is 0.279. The van der Waals surface area contributed by atoms with E-state index in [1.807, 2.05) is 6.92 Å². The summed E-state index contributed by atoms with van der Waals surface area (Å²) in [7, 11) is 1.70. The topological polar surface area (TPSA) is 42.2 Å². The van der Waals surface area contributed by atoms with E-state index in [9.17, 15) is 4.79 Å². The first-order chi connectivity index (χ1) is 5.69. The molecule has 1 aromatic rings. The number of rotatable bonds is 2. The van der Waals surface area contributed by atoms with Crippen molar-refractivity contribution in [3.05, 3.63) is 33.7 Å². The van der Waals surface area contributed by atoms with Crippen LogP contribution in [0.2, 0.25) is 0 Å². The van der Waals surface area contributed by atoms with E-state index in [1.54, 1.807) is 19.3 Å². The Balaban J connectivity index is 3.29. The summed E-state index contributed by atoms with van der Waals surface area (Å²) in [6.07, 6.45) is 2.67. The van der Waals surface area contributed by atoms with E-state index in [4.69, 9.17) is 5.11 Å². The first kappa shape index (κ1) is 9.00. The van der Waals surface area contributed by atoms with Gasteiger partial charge in [-0.25, -0.2) is 0 Å². The van der Waals surface area contributed by atoms with Crippen LogP contribution >= 0.6 is 0 Å². The highest BCUT2D eigenvalue weighted by Crippen LogP contribution is 2.00. The molecule has 0 atom stereocenters. The second-order valence-electron chi connectivity index (χ2n) is 2.80. The first-order valence-corrected chi connectivity index (χ1v) is 3.98. The maximum Gasteiger partial charge on any atom is 0.255 e. The Morgan fingerprint density at radius 3 is 2.75 bits per heavy atom. The van der Waals surface area contributed by atoms with Gasteiger partial charge in [-0.05, 0) is 18.1 Å². The van der Waals surface area contributed by atoms with E-state index in [-0.39, 0.29) is 12.2 Å². The summed E-state index contributed by atoms with van der Waals surface area (Å²) in [6.45, 7) is 1.83. The van der Waals surface area contributed by atoms with Crippen LogP contribution in [0.3, 0.4) is 0 Å². The third-order valence-corrected chi connectivity index (χ3v) is 1.89. The van der Waals surface area contributed by atoms with Crippen molar-refractivity contribution >= 4 is 0 Å². The second kappa shape index (κ2) is 3.54.